The summed E-state index contributed by atoms with van der Waals surface area (Å²) in [7, 11) is 1.64. The molecular formula is C18H21N5O2. The minimum absolute atomic E-state index is 0.371. The molecule has 7 heteroatoms. The summed E-state index contributed by atoms with van der Waals surface area (Å²) >= 11 is 0. The van der Waals surface area contributed by atoms with Crippen molar-refractivity contribution in [3.05, 3.63) is 56.7 Å². The first-order valence-electron chi connectivity index (χ1n) is 8.63. The Labute approximate surface area is 144 Å². The number of H-pyrrole nitrogens is 1. The summed E-state index contributed by atoms with van der Waals surface area (Å²) in [6, 6.07) is 10.2. The van der Waals surface area contributed by atoms with E-state index in [1.165, 1.54) is 10.1 Å². The maximum absolute atomic E-state index is 12.5. The molecule has 3 heterocycles. The van der Waals surface area contributed by atoms with Gasteiger partial charge in [0.05, 0.1) is 0 Å². The number of aromatic nitrogens is 4. The van der Waals surface area contributed by atoms with E-state index in [-0.39, 0.29) is 5.56 Å². The number of anilines is 1. The van der Waals surface area contributed by atoms with Crippen molar-refractivity contribution in [2.75, 3.05) is 18.0 Å². The number of rotatable bonds is 4. The third kappa shape index (κ3) is 2.75. The molecular weight excluding hydrogens is 318 g/mol. The van der Waals surface area contributed by atoms with Crippen molar-refractivity contribution in [2.45, 2.75) is 25.8 Å². The molecule has 1 aliphatic rings. The van der Waals surface area contributed by atoms with Crippen molar-refractivity contribution < 1.29 is 0 Å². The van der Waals surface area contributed by atoms with Crippen molar-refractivity contribution >= 4 is 17.1 Å². The second-order valence-corrected chi connectivity index (χ2v) is 6.48. The SMILES string of the molecule is Cn1c(=O)[nH]c(=O)c2c1nc(N1CCCC1)n2CCc1ccccc1. The van der Waals surface area contributed by atoms with Crippen molar-refractivity contribution in [2.24, 2.45) is 7.05 Å². The Hall–Kier alpha value is -2.83. The van der Waals surface area contributed by atoms with Crippen LogP contribution in [0, 0.1) is 0 Å². The lowest BCUT2D eigenvalue weighted by Crippen LogP contribution is -2.29. The molecule has 130 valence electrons. The van der Waals surface area contributed by atoms with Gasteiger partial charge in [-0.05, 0) is 24.8 Å². The molecule has 7 nitrogen and oxygen atoms in total. The number of hydrogen-bond donors (Lipinski definition) is 1. The number of nitrogens with zero attached hydrogens (tertiary/aromatic N) is 4. The van der Waals surface area contributed by atoms with E-state index < -0.39 is 5.69 Å². The number of imidazole rings is 1. The average molecular weight is 339 g/mol. The van der Waals surface area contributed by atoms with E-state index >= 15 is 0 Å². The summed E-state index contributed by atoms with van der Waals surface area (Å²) < 4.78 is 3.38. The van der Waals surface area contributed by atoms with E-state index in [1.807, 2.05) is 22.8 Å². The lowest BCUT2D eigenvalue weighted by atomic mass is 10.1. The van der Waals surface area contributed by atoms with Crippen LogP contribution >= 0.6 is 0 Å². The van der Waals surface area contributed by atoms with E-state index in [1.54, 1.807) is 7.05 Å². The zero-order chi connectivity index (χ0) is 17.4. The van der Waals surface area contributed by atoms with Gasteiger partial charge < -0.3 is 9.47 Å². The second kappa shape index (κ2) is 6.23. The molecule has 0 radical (unpaired) electrons. The standard InChI is InChI=1S/C18H21N5O2/c1-21-15-14(16(24)20-18(21)25)23(12-9-13-7-3-2-4-8-13)17(19-15)22-10-5-6-11-22/h2-4,7-8H,5-6,9-12H2,1H3,(H,20,24,25). The molecule has 1 N–H and O–H groups in total. The van der Waals surface area contributed by atoms with Crippen LogP contribution in [0.3, 0.4) is 0 Å². The number of aromatic amines is 1. The number of fused-ring (bicyclic) bond motifs is 1. The minimum Gasteiger partial charge on any atom is -0.342 e. The third-order valence-corrected chi connectivity index (χ3v) is 4.84. The molecule has 3 aromatic rings. The maximum Gasteiger partial charge on any atom is 0.329 e. The fourth-order valence-electron chi connectivity index (χ4n) is 3.48. The van der Waals surface area contributed by atoms with E-state index in [0.29, 0.717) is 17.7 Å². The summed E-state index contributed by atoms with van der Waals surface area (Å²) in [5.41, 5.74) is 1.32. The highest BCUT2D eigenvalue weighted by atomic mass is 16.2. The number of benzene rings is 1. The van der Waals surface area contributed by atoms with Gasteiger partial charge in [0.1, 0.15) is 0 Å². The monoisotopic (exact) mass is 339 g/mol. The summed E-state index contributed by atoms with van der Waals surface area (Å²) in [4.78, 5) is 33.6. The molecule has 0 aliphatic carbocycles. The molecule has 25 heavy (non-hydrogen) atoms. The molecule has 1 aromatic carbocycles. The van der Waals surface area contributed by atoms with Gasteiger partial charge in [0, 0.05) is 26.7 Å². The third-order valence-electron chi connectivity index (χ3n) is 4.84. The van der Waals surface area contributed by atoms with E-state index in [2.05, 4.69) is 27.0 Å². The number of hydrogen-bond acceptors (Lipinski definition) is 4. The van der Waals surface area contributed by atoms with Gasteiger partial charge in [-0.15, -0.1) is 0 Å². The first kappa shape index (κ1) is 15.7. The van der Waals surface area contributed by atoms with Gasteiger partial charge in [-0.1, -0.05) is 30.3 Å². The van der Waals surface area contributed by atoms with Crippen LogP contribution in [0.15, 0.2) is 39.9 Å². The molecule has 0 unspecified atom stereocenters. The molecule has 0 atom stereocenters. The molecule has 1 fully saturated rings. The van der Waals surface area contributed by atoms with Crippen LogP contribution in [-0.2, 0) is 20.0 Å². The zero-order valence-corrected chi connectivity index (χ0v) is 14.2. The Morgan fingerprint density at radius 1 is 1.12 bits per heavy atom. The highest BCUT2D eigenvalue weighted by molar-refractivity contribution is 5.74. The van der Waals surface area contributed by atoms with Crippen molar-refractivity contribution in [1.29, 1.82) is 0 Å². The van der Waals surface area contributed by atoms with Gasteiger partial charge in [-0.25, -0.2) is 4.79 Å². The zero-order valence-electron chi connectivity index (χ0n) is 14.2. The first-order valence-corrected chi connectivity index (χ1v) is 8.63. The van der Waals surface area contributed by atoms with Gasteiger partial charge in [-0.3, -0.25) is 14.3 Å². The van der Waals surface area contributed by atoms with Crippen LogP contribution in [0.2, 0.25) is 0 Å². The summed E-state index contributed by atoms with van der Waals surface area (Å²) in [5, 5.41) is 0. The average Bonchev–Trinajstić information content (AvgIpc) is 3.26. The van der Waals surface area contributed by atoms with Gasteiger partial charge in [0.25, 0.3) is 5.56 Å². The van der Waals surface area contributed by atoms with Crippen molar-refractivity contribution in [3.63, 3.8) is 0 Å². The quantitative estimate of drug-likeness (QED) is 0.777. The van der Waals surface area contributed by atoms with E-state index in [4.69, 9.17) is 0 Å². The molecule has 0 amide bonds. The summed E-state index contributed by atoms with van der Waals surface area (Å²) in [6.45, 7) is 2.51. The highest BCUT2D eigenvalue weighted by Crippen LogP contribution is 2.23. The summed E-state index contributed by atoms with van der Waals surface area (Å²) in [6.07, 6.45) is 3.05. The molecule has 4 rings (SSSR count). The van der Waals surface area contributed by atoms with Crippen molar-refractivity contribution in [3.8, 4) is 0 Å². The number of aryl methyl sites for hydroxylation is 3. The Balaban J connectivity index is 1.84. The Kier molecular flexibility index (Phi) is 3.91. The molecule has 1 aliphatic heterocycles. The van der Waals surface area contributed by atoms with Crippen LogP contribution in [0.25, 0.3) is 11.2 Å². The van der Waals surface area contributed by atoms with Crippen LogP contribution < -0.4 is 16.1 Å². The molecule has 0 spiro atoms. The topological polar surface area (TPSA) is 75.9 Å². The van der Waals surface area contributed by atoms with Crippen LogP contribution in [0.5, 0.6) is 0 Å². The smallest absolute Gasteiger partial charge is 0.329 e. The fraction of sp³-hybridized carbons (Fsp3) is 0.389. The lowest BCUT2D eigenvalue weighted by molar-refractivity contribution is 0.694. The van der Waals surface area contributed by atoms with Gasteiger partial charge >= 0.3 is 5.69 Å². The molecule has 2 aromatic heterocycles. The van der Waals surface area contributed by atoms with Gasteiger partial charge in [-0.2, -0.15) is 4.98 Å². The van der Waals surface area contributed by atoms with Gasteiger partial charge in [0.15, 0.2) is 11.2 Å². The minimum atomic E-state index is -0.432. The van der Waals surface area contributed by atoms with E-state index in [0.717, 1.165) is 38.3 Å². The normalized spacial score (nSPS) is 14.5. The molecule has 0 saturated carbocycles. The predicted octanol–water partition coefficient (Wildman–Crippen LogP) is 1.27. The van der Waals surface area contributed by atoms with E-state index in [9.17, 15) is 9.59 Å². The summed E-state index contributed by atoms with van der Waals surface area (Å²) in [5.74, 6) is 0.787. The second-order valence-electron chi connectivity index (χ2n) is 6.48. The van der Waals surface area contributed by atoms with Gasteiger partial charge in [0.2, 0.25) is 5.95 Å². The lowest BCUT2D eigenvalue weighted by Gasteiger charge is -2.18. The van der Waals surface area contributed by atoms with Crippen molar-refractivity contribution in [1.82, 2.24) is 19.1 Å². The molecule has 0 bridgehead atoms. The Morgan fingerprint density at radius 3 is 2.56 bits per heavy atom. The number of nitrogens with one attached hydrogen (secondary N) is 1. The fourth-order valence-corrected chi connectivity index (χ4v) is 3.48. The van der Waals surface area contributed by atoms with Crippen LogP contribution in [0.1, 0.15) is 18.4 Å². The highest BCUT2D eigenvalue weighted by Gasteiger charge is 2.23. The van der Waals surface area contributed by atoms with Crippen LogP contribution in [-0.4, -0.2) is 32.2 Å². The molecule has 1 saturated heterocycles. The largest absolute Gasteiger partial charge is 0.342 e. The Bertz CT molecular complexity index is 1010. The maximum atomic E-state index is 12.5. The van der Waals surface area contributed by atoms with Crippen LogP contribution in [0.4, 0.5) is 5.95 Å². The Morgan fingerprint density at radius 2 is 1.84 bits per heavy atom. The predicted molar refractivity (Wildman–Crippen MR) is 97.2 cm³/mol. The first-order chi connectivity index (χ1) is 12.1.